The molecule has 1 aliphatic rings. The minimum Gasteiger partial charge on any atom is -0.360 e. The quantitative estimate of drug-likeness (QED) is 0.542. The van der Waals surface area contributed by atoms with Gasteiger partial charge in [-0.05, 0) is 60.7 Å². The third-order valence-corrected chi connectivity index (χ3v) is 5.88. The van der Waals surface area contributed by atoms with Gasteiger partial charge >= 0.3 is 0 Å². The van der Waals surface area contributed by atoms with Crippen LogP contribution in [0.3, 0.4) is 0 Å². The van der Waals surface area contributed by atoms with Gasteiger partial charge in [0.05, 0.1) is 16.4 Å². The number of H-pyrrole nitrogens is 1. The first-order valence-electron chi connectivity index (χ1n) is 9.86. The van der Waals surface area contributed by atoms with E-state index in [0.717, 1.165) is 29.7 Å². The molecule has 1 amide bonds. The molecular weight excluding hydrogens is 383 g/mol. The second-order valence-corrected chi connectivity index (χ2v) is 8.15. The lowest BCUT2D eigenvalue weighted by molar-refractivity contribution is 0.102. The van der Waals surface area contributed by atoms with E-state index in [9.17, 15) is 9.18 Å². The highest BCUT2D eigenvalue weighted by molar-refractivity contribution is 6.04. The molecule has 0 radical (unpaired) electrons. The molecule has 1 aliphatic carbocycles. The van der Waals surface area contributed by atoms with Crippen molar-refractivity contribution >= 4 is 22.6 Å². The van der Waals surface area contributed by atoms with E-state index in [4.69, 9.17) is 0 Å². The Bertz CT molecular complexity index is 1250. The molecule has 3 heterocycles. The molecule has 2 N–H and O–H groups in total. The number of nitrogens with one attached hydrogen (secondary N) is 2. The van der Waals surface area contributed by atoms with Gasteiger partial charge in [0.2, 0.25) is 0 Å². The lowest BCUT2D eigenvalue weighted by Crippen LogP contribution is -2.43. The largest absolute Gasteiger partial charge is 0.360 e. The van der Waals surface area contributed by atoms with Crippen molar-refractivity contribution < 1.29 is 9.18 Å². The number of carbonyl (C=O) groups is 1. The van der Waals surface area contributed by atoms with Crippen molar-refractivity contribution in [3.8, 4) is 0 Å². The zero-order valence-electron chi connectivity index (χ0n) is 16.7. The Balaban J connectivity index is 1.48. The molecule has 1 saturated carbocycles. The molecule has 1 fully saturated rings. The SMILES string of the molecule is CC1CC(c2cc(F)cc(NC(=O)c3ccc4[nH]ccc4n3)c2)(c2nncn2C)C1. The molecule has 0 saturated heterocycles. The molecule has 0 atom stereocenters. The Morgan fingerprint density at radius 2 is 2.10 bits per heavy atom. The van der Waals surface area contributed by atoms with Crippen molar-refractivity contribution in [2.45, 2.75) is 25.2 Å². The number of anilines is 1. The lowest BCUT2D eigenvalue weighted by atomic mass is 9.58. The maximum atomic E-state index is 14.6. The number of hydrogen-bond acceptors (Lipinski definition) is 4. The molecule has 0 bridgehead atoms. The second kappa shape index (κ2) is 6.76. The first-order chi connectivity index (χ1) is 14.4. The summed E-state index contributed by atoms with van der Waals surface area (Å²) in [6, 6.07) is 9.92. The number of aromatic amines is 1. The van der Waals surface area contributed by atoms with Crippen molar-refractivity contribution in [2.75, 3.05) is 5.32 Å². The predicted molar refractivity (Wildman–Crippen MR) is 111 cm³/mol. The summed E-state index contributed by atoms with van der Waals surface area (Å²) in [5.74, 6) is 0.519. The lowest BCUT2D eigenvalue weighted by Gasteiger charge is -2.46. The minimum atomic E-state index is -0.408. The summed E-state index contributed by atoms with van der Waals surface area (Å²) in [4.78, 5) is 20.1. The van der Waals surface area contributed by atoms with Crippen molar-refractivity contribution in [3.63, 3.8) is 0 Å². The molecular formula is C22H21FN6O. The van der Waals surface area contributed by atoms with E-state index in [1.54, 1.807) is 30.7 Å². The van der Waals surface area contributed by atoms with Crippen LogP contribution in [0.5, 0.6) is 0 Å². The van der Waals surface area contributed by atoms with Gasteiger partial charge < -0.3 is 14.9 Å². The maximum absolute atomic E-state index is 14.6. The number of rotatable bonds is 4. The molecule has 0 unspecified atom stereocenters. The number of aryl methyl sites for hydroxylation is 1. The molecule has 3 aromatic heterocycles. The van der Waals surface area contributed by atoms with Gasteiger partial charge in [-0.3, -0.25) is 4.79 Å². The van der Waals surface area contributed by atoms with Crippen LogP contribution in [0.2, 0.25) is 0 Å². The number of fused-ring (bicyclic) bond motifs is 1. The number of nitrogens with zero attached hydrogens (tertiary/aromatic N) is 4. The van der Waals surface area contributed by atoms with Gasteiger partial charge in [-0.1, -0.05) is 6.92 Å². The normalized spacial score (nSPS) is 20.8. The zero-order chi connectivity index (χ0) is 20.9. The summed E-state index contributed by atoms with van der Waals surface area (Å²) in [5, 5.41) is 11.1. The number of halogens is 1. The molecule has 7 nitrogen and oxygen atoms in total. The molecule has 5 rings (SSSR count). The molecule has 1 aromatic carbocycles. The fourth-order valence-corrected chi connectivity index (χ4v) is 4.59. The Morgan fingerprint density at radius 1 is 1.27 bits per heavy atom. The van der Waals surface area contributed by atoms with Gasteiger partial charge in [0.1, 0.15) is 23.7 Å². The molecule has 8 heteroatoms. The van der Waals surface area contributed by atoms with Gasteiger partial charge in [-0.2, -0.15) is 0 Å². The Kier molecular flexibility index (Phi) is 4.16. The minimum absolute atomic E-state index is 0.271. The number of benzene rings is 1. The summed E-state index contributed by atoms with van der Waals surface area (Å²) in [7, 11) is 1.89. The van der Waals surface area contributed by atoms with Crippen LogP contribution in [0.1, 0.15) is 41.6 Å². The van der Waals surface area contributed by atoms with Crippen LogP contribution in [0, 0.1) is 11.7 Å². The smallest absolute Gasteiger partial charge is 0.274 e. The predicted octanol–water partition coefficient (Wildman–Crippen LogP) is 3.80. The number of amides is 1. The zero-order valence-corrected chi connectivity index (χ0v) is 16.7. The van der Waals surface area contributed by atoms with E-state index in [-0.39, 0.29) is 11.6 Å². The van der Waals surface area contributed by atoms with Crippen molar-refractivity contribution in [1.29, 1.82) is 0 Å². The van der Waals surface area contributed by atoms with Crippen LogP contribution in [0.25, 0.3) is 11.0 Å². The van der Waals surface area contributed by atoms with Crippen molar-refractivity contribution in [1.82, 2.24) is 24.7 Å². The van der Waals surface area contributed by atoms with E-state index in [1.165, 1.54) is 12.1 Å². The first-order valence-corrected chi connectivity index (χ1v) is 9.86. The monoisotopic (exact) mass is 404 g/mol. The van der Waals surface area contributed by atoms with E-state index < -0.39 is 11.2 Å². The molecule has 0 spiro atoms. The molecule has 0 aliphatic heterocycles. The van der Waals surface area contributed by atoms with E-state index in [0.29, 0.717) is 17.1 Å². The van der Waals surface area contributed by atoms with Crippen LogP contribution >= 0.6 is 0 Å². The number of pyridine rings is 1. The fourth-order valence-electron chi connectivity index (χ4n) is 4.59. The Labute approximate surface area is 172 Å². The number of hydrogen-bond donors (Lipinski definition) is 2. The van der Waals surface area contributed by atoms with Crippen molar-refractivity contribution in [2.24, 2.45) is 13.0 Å². The number of carbonyl (C=O) groups excluding carboxylic acids is 1. The summed E-state index contributed by atoms with van der Waals surface area (Å²) < 4.78 is 16.4. The number of aromatic nitrogens is 5. The third kappa shape index (κ3) is 2.96. The average molecular weight is 404 g/mol. The standard InChI is InChI=1S/C22H21FN6O/c1-13-10-22(11-13,21-28-25-12-29(21)2)14-7-15(23)9-16(8-14)26-20(30)19-4-3-17-18(27-19)5-6-24-17/h3-9,12-13,24H,10-11H2,1-2H3,(H,26,30). The van der Waals surface area contributed by atoms with Gasteiger partial charge in [-0.15, -0.1) is 10.2 Å². The van der Waals surface area contributed by atoms with Crippen LogP contribution < -0.4 is 5.32 Å². The van der Waals surface area contributed by atoms with Crippen LogP contribution in [0.4, 0.5) is 10.1 Å². The van der Waals surface area contributed by atoms with Gasteiger partial charge in [0, 0.05) is 18.9 Å². The third-order valence-electron chi connectivity index (χ3n) is 5.88. The fraction of sp³-hybridized carbons (Fsp3) is 0.273. The Morgan fingerprint density at radius 3 is 2.83 bits per heavy atom. The average Bonchev–Trinajstić information content (AvgIpc) is 3.33. The first kappa shape index (κ1) is 18.5. The van der Waals surface area contributed by atoms with Gasteiger partial charge in [-0.25, -0.2) is 9.37 Å². The van der Waals surface area contributed by atoms with E-state index in [2.05, 4.69) is 32.4 Å². The highest BCUT2D eigenvalue weighted by Gasteiger charge is 2.48. The van der Waals surface area contributed by atoms with Crippen LogP contribution in [0.15, 0.2) is 48.9 Å². The van der Waals surface area contributed by atoms with Crippen LogP contribution in [-0.2, 0) is 12.5 Å². The highest BCUT2D eigenvalue weighted by Crippen LogP contribution is 2.51. The Hall–Kier alpha value is -3.55. The van der Waals surface area contributed by atoms with E-state index >= 15 is 0 Å². The molecule has 152 valence electrons. The maximum Gasteiger partial charge on any atom is 0.274 e. The second-order valence-electron chi connectivity index (χ2n) is 8.15. The van der Waals surface area contributed by atoms with Gasteiger partial charge in [0.25, 0.3) is 5.91 Å². The molecule has 30 heavy (non-hydrogen) atoms. The highest BCUT2D eigenvalue weighted by atomic mass is 19.1. The van der Waals surface area contributed by atoms with E-state index in [1.807, 2.05) is 17.7 Å². The summed E-state index contributed by atoms with van der Waals surface area (Å²) >= 11 is 0. The topological polar surface area (TPSA) is 88.5 Å². The van der Waals surface area contributed by atoms with Gasteiger partial charge in [0.15, 0.2) is 0 Å². The summed E-state index contributed by atoms with van der Waals surface area (Å²) in [6.07, 6.45) is 5.12. The summed E-state index contributed by atoms with van der Waals surface area (Å²) in [5.41, 5.74) is 2.60. The summed E-state index contributed by atoms with van der Waals surface area (Å²) in [6.45, 7) is 2.17. The molecule has 4 aromatic rings. The van der Waals surface area contributed by atoms with Crippen LogP contribution in [-0.4, -0.2) is 30.6 Å². The van der Waals surface area contributed by atoms with Crippen molar-refractivity contribution in [3.05, 3.63) is 71.8 Å².